The zero-order chi connectivity index (χ0) is 15.6. The van der Waals surface area contributed by atoms with Gasteiger partial charge in [-0.25, -0.2) is 4.79 Å². The van der Waals surface area contributed by atoms with Crippen molar-refractivity contribution in [2.24, 2.45) is 0 Å². The van der Waals surface area contributed by atoms with Crippen molar-refractivity contribution in [1.82, 2.24) is 0 Å². The number of thioether (sulfide) groups is 1. The van der Waals surface area contributed by atoms with Gasteiger partial charge in [0.15, 0.2) is 0 Å². The van der Waals surface area contributed by atoms with E-state index in [1.54, 1.807) is 23.9 Å². The molecule has 0 unspecified atom stereocenters. The highest BCUT2D eigenvalue weighted by atomic mass is 32.2. The number of hydrogen-bond donors (Lipinski definition) is 1. The molecule has 0 saturated heterocycles. The summed E-state index contributed by atoms with van der Waals surface area (Å²) in [6.45, 7) is 0.719. The highest BCUT2D eigenvalue weighted by molar-refractivity contribution is 7.98. The molecule has 0 atom stereocenters. The molecular weight excluding hydrogens is 296 g/mol. The number of carboxylic acids is 1. The molecule has 0 amide bonds. The maximum atomic E-state index is 11.1. The van der Waals surface area contributed by atoms with Crippen molar-refractivity contribution in [2.45, 2.75) is 18.6 Å². The van der Waals surface area contributed by atoms with Crippen LogP contribution in [0.5, 0.6) is 5.75 Å². The third-order valence-electron chi connectivity index (χ3n) is 3.20. The summed E-state index contributed by atoms with van der Waals surface area (Å²) < 4.78 is 5.63. The highest BCUT2D eigenvalue weighted by Gasteiger charge is 2.08. The van der Waals surface area contributed by atoms with E-state index in [0.717, 1.165) is 42.3 Å². The molecule has 0 aliphatic rings. The van der Waals surface area contributed by atoms with Gasteiger partial charge in [0.25, 0.3) is 0 Å². The van der Waals surface area contributed by atoms with Gasteiger partial charge in [0.05, 0.1) is 12.2 Å². The Hall–Kier alpha value is -1.94. The first-order chi connectivity index (χ1) is 10.8. The van der Waals surface area contributed by atoms with Gasteiger partial charge in [-0.2, -0.15) is 11.8 Å². The smallest absolute Gasteiger partial charge is 0.335 e. The van der Waals surface area contributed by atoms with Gasteiger partial charge in [-0.15, -0.1) is 0 Å². The first-order valence-electron chi connectivity index (χ1n) is 7.34. The van der Waals surface area contributed by atoms with Gasteiger partial charge in [-0.3, -0.25) is 0 Å². The van der Waals surface area contributed by atoms with Gasteiger partial charge < -0.3 is 9.84 Å². The Kier molecular flexibility index (Phi) is 6.84. The van der Waals surface area contributed by atoms with Crippen LogP contribution in [0.25, 0.3) is 0 Å². The van der Waals surface area contributed by atoms with Crippen LogP contribution in [0.1, 0.15) is 28.8 Å². The van der Waals surface area contributed by atoms with Gasteiger partial charge in [0.1, 0.15) is 5.75 Å². The van der Waals surface area contributed by atoms with Crippen molar-refractivity contribution in [1.29, 1.82) is 0 Å². The van der Waals surface area contributed by atoms with Gasteiger partial charge in [-0.1, -0.05) is 36.4 Å². The van der Waals surface area contributed by atoms with E-state index >= 15 is 0 Å². The number of aromatic carboxylic acids is 1. The second-order valence-corrected chi connectivity index (χ2v) is 5.99. The largest absolute Gasteiger partial charge is 0.494 e. The monoisotopic (exact) mass is 316 g/mol. The summed E-state index contributed by atoms with van der Waals surface area (Å²) in [5.74, 6) is 1.80. The Bertz CT molecular complexity index is 584. The van der Waals surface area contributed by atoms with E-state index in [-0.39, 0.29) is 0 Å². The molecular formula is C18H20O3S. The molecule has 0 heterocycles. The SMILES string of the molecule is O=C(O)c1ccccc1CSCCCCOc1ccccc1. The molecule has 0 spiro atoms. The fourth-order valence-electron chi connectivity index (χ4n) is 2.05. The van der Waals surface area contributed by atoms with Crippen LogP contribution in [0, 0.1) is 0 Å². The van der Waals surface area contributed by atoms with E-state index < -0.39 is 5.97 Å². The summed E-state index contributed by atoms with van der Waals surface area (Å²) in [5, 5.41) is 9.12. The van der Waals surface area contributed by atoms with Gasteiger partial charge in [-0.05, 0) is 42.4 Å². The molecule has 2 aromatic rings. The molecule has 22 heavy (non-hydrogen) atoms. The van der Waals surface area contributed by atoms with E-state index in [9.17, 15) is 4.79 Å². The first-order valence-corrected chi connectivity index (χ1v) is 8.49. The molecule has 1 N–H and O–H groups in total. The predicted molar refractivity (Wildman–Crippen MR) is 90.7 cm³/mol. The summed E-state index contributed by atoms with van der Waals surface area (Å²) in [6, 6.07) is 17.0. The number of ether oxygens (including phenoxy) is 1. The molecule has 116 valence electrons. The van der Waals surface area contributed by atoms with Crippen molar-refractivity contribution < 1.29 is 14.6 Å². The average molecular weight is 316 g/mol. The summed E-state index contributed by atoms with van der Waals surface area (Å²) in [4.78, 5) is 11.1. The number of benzene rings is 2. The summed E-state index contributed by atoms with van der Waals surface area (Å²) in [7, 11) is 0. The number of rotatable bonds is 9. The molecule has 0 saturated carbocycles. The Morgan fingerprint density at radius 1 is 1.00 bits per heavy atom. The minimum atomic E-state index is -0.854. The fraction of sp³-hybridized carbons (Fsp3) is 0.278. The van der Waals surface area contributed by atoms with E-state index in [4.69, 9.17) is 9.84 Å². The molecule has 3 nitrogen and oxygen atoms in total. The van der Waals surface area contributed by atoms with Crippen molar-refractivity contribution in [3.05, 3.63) is 65.7 Å². The van der Waals surface area contributed by atoms with Gasteiger partial charge in [0.2, 0.25) is 0 Å². The summed E-state index contributed by atoms with van der Waals surface area (Å²) in [5.41, 5.74) is 1.29. The summed E-state index contributed by atoms with van der Waals surface area (Å²) >= 11 is 1.77. The Balaban J connectivity index is 1.61. The number of para-hydroxylation sites is 1. The molecule has 2 rings (SSSR count). The lowest BCUT2D eigenvalue weighted by Gasteiger charge is -2.07. The maximum Gasteiger partial charge on any atom is 0.335 e. The van der Waals surface area contributed by atoms with Crippen molar-refractivity contribution >= 4 is 17.7 Å². The minimum absolute atomic E-state index is 0.405. The van der Waals surface area contributed by atoms with Crippen LogP contribution in [-0.2, 0) is 5.75 Å². The third-order valence-corrected chi connectivity index (χ3v) is 4.29. The van der Waals surface area contributed by atoms with Crippen LogP contribution in [0.2, 0.25) is 0 Å². The molecule has 0 bridgehead atoms. The van der Waals surface area contributed by atoms with Crippen LogP contribution in [0.15, 0.2) is 54.6 Å². The lowest BCUT2D eigenvalue weighted by atomic mass is 10.1. The average Bonchev–Trinajstić information content (AvgIpc) is 2.55. The second-order valence-electron chi connectivity index (χ2n) is 4.88. The highest BCUT2D eigenvalue weighted by Crippen LogP contribution is 2.18. The zero-order valence-corrected chi connectivity index (χ0v) is 13.2. The Morgan fingerprint density at radius 3 is 2.50 bits per heavy atom. The third kappa shape index (κ3) is 5.45. The molecule has 0 aliphatic heterocycles. The molecule has 0 aromatic heterocycles. The summed E-state index contributed by atoms with van der Waals surface area (Å²) in [6.07, 6.45) is 2.06. The van der Waals surface area contributed by atoms with Crippen LogP contribution in [0.3, 0.4) is 0 Å². The number of hydrogen-bond acceptors (Lipinski definition) is 3. The van der Waals surface area contributed by atoms with Crippen LogP contribution >= 0.6 is 11.8 Å². The minimum Gasteiger partial charge on any atom is -0.494 e. The maximum absolute atomic E-state index is 11.1. The molecule has 0 fully saturated rings. The van der Waals surface area contributed by atoms with Gasteiger partial charge >= 0.3 is 5.97 Å². The van der Waals surface area contributed by atoms with Gasteiger partial charge in [0, 0.05) is 5.75 Å². The zero-order valence-electron chi connectivity index (χ0n) is 12.4. The molecule has 2 aromatic carbocycles. The van der Waals surface area contributed by atoms with Crippen LogP contribution < -0.4 is 4.74 Å². The predicted octanol–water partition coefficient (Wildman–Crippen LogP) is 4.48. The molecule has 4 heteroatoms. The van der Waals surface area contributed by atoms with Crippen LogP contribution in [0.4, 0.5) is 0 Å². The number of unbranched alkanes of at least 4 members (excludes halogenated alkanes) is 1. The first kappa shape index (κ1) is 16.4. The van der Waals surface area contributed by atoms with Crippen LogP contribution in [-0.4, -0.2) is 23.4 Å². The Morgan fingerprint density at radius 2 is 1.73 bits per heavy atom. The fourth-order valence-corrected chi connectivity index (χ4v) is 3.07. The number of carboxylic acid groups (broad SMARTS) is 1. The van der Waals surface area contributed by atoms with E-state index in [1.165, 1.54) is 0 Å². The topological polar surface area (TPSA) is 46.5 Å². The van der Waals surface area contributed by atoms with E-state index in [2.05, 4.69) is 0 Å². The van der Waals surface area contributed by atoms with Crippen molar-refractivity contribution in [3.63, 3.8) is 0 Å². The van der Waals surface area contributed by atoms with Crippen molar-refractivity contribution in [2.75, 3.05) is 12.4 Å². The lowest BCUT2D eigenvalue weighted by molar-refractivity contribution is 0.0696. The van der Waals surface area contributed by atoms with Crippen molar-refractivity contribution in [3.8, 4) is 5.75 Å². The number of carbonyl (C=O) groups is 1. The molecule has 0 aliphatic carbocycles. The van der Waals surface area contributed by atoms with E-state index in [0.29, 0.717) is 5.56 Å². The molecule has 0 radical (unpaired) electrons. The second kappa shape index (κ2) is 9.15. The standard InChI is InChI=1S/C18H20O3S/c19-18(20)17-11-5-4-8-15(17)14-22-13-7-6-12-21-16-9-2-1-3-10-16/h1-5,8-11H,6-7,12-14H2,(H,19,20). The Labute approximate surface area is 135 Å². The van der Waals surface area contributed by atoms with E-state index in [1.807, 2.05) is 42.5 Å². The lowest BCUT2D eigenvalue weighted by Crippen LogP contribution is -2.01. The quantitative estimate of drug-likeness (QED) is 0.693. The normalized spacial score (nSPS) is 10.4.